The van der Waals surface area contributed by atoms with Crippen molar-refractivity contribution in [3.05, 3.63) is 29.3 Å². The molecule has 4 heteroatoms. The molecule has 0 spiro atoms. The Kier molecular flexibility index (Phi) is 4.20. The number of ether oxygens (including phenoxy) is 1. The van der Waals surface area contributed by atoms with Crippen LogP contribution in [-0.4, -0.2) is 38.1 Å². The maximum absolute atomic E-state index is 11.8. The van der Waals surface area contributed by atoms with E-state index in [1.165, 1.54) is 11.1 Å². The minimum atomic E-state index is 0.168. The normalized spacial score (nSPS) is 13.0. The molecule has 98 valence electrons. The molecule has 0 atom stereocenters. The van der Waals surface area contributed by atoms with Crippen molar-refractivity contribution >= 4 is 5.91 Å². The first-order valence-corrected chi connectivity index (χ1v) is 6.34. The largest absolute Gasteiger partial charge is 0.493 e. The van der Waals surface area contributed by atoms with Crippen LogP contribution in [0.1, 0.15) is 17.5 Å². The lowest BCUT2D eigenvalue weighted by Crippen LogP contribution is -2.28. The Morgan fingerprint density at radius 3 is 3.11 bits per heavy atom. The number of fused-ring (bicyclic) bond motifs is 1. The number of nitrogens with zero attached hydrogens (tertiary/aromatic N) is 1. The SMILES string of the molecule is CNCCC(=O)N(C)Cc1ccc2c(c1)CCO2. The summed E-state index contributed by atoms with van der Waals surface area (Å²) in [6, 6.07) is 6.18. The third kappa shape index (κ3) is 3.01. The van der Waals surface area contributed by atoms with Crippen LogP contribution < -0.4 is 10.1 Å². The van der Waals surface area contributed by atoms with Gasteiger partial charge >= 0.3 is 0 Å². The van der Waals surface area contributed by atoms with Crippen molar-refractivity contribution in [3.63, 3.8) is 0 Å². The van der Waals surface area contributed by atoms with Crippen molar-refractivity contribution in [3.8, 4) is 5.75 Å². The lowest BCUT2D eigenvalue weighted by atomic mass is 10.1. The highest BCUT2D eigenvalue weighted by molar-refractivity contribution is 5.76. The zero-order valence-electron chi connectivity index (χ0n) is 11.0. The van der Waals surface area contributed by atoms with E-state index in [2.05, 4.69) is 11.4 Å². The Hall–Kier alpha value is -1.55. The van der Waals surface area contributed by atoms with E-state index in [9.17, 15) is 4.79 Å². The molecular formula is C14H20N2O2. The first-order valence-electron chi connectivity index (χ1n) is 6.34. The number of hydrogen-bond acceptors (Lipinski definition) is 3. The summed E-state index contributed by atoms with van der Waals surface area (Å²) >= 11 is 0. The number of nitrogens with one attached hydrogen (secondary N) is 1. The third-order valence-electron chi connectivity index (χ3n) is 3.19. The third-order valence-corrected chi connectivity index (χ3v) is 3.19. The van der Waals surface area contributed by atoms with E-state index in [4.69, 9.17) is 4.74 Å². The van der Waals surface area contributed by atoms with Crippen molar-refractivity contribution < 1.29 is 9.53 Å². The molecule has 1 heterocycles. The van der Waals surface area contributed by atoms with Crippen LogP contribution in [0.4, 0.5) is 0 Å². The lowest BCUT2D eigenvalue weighted by Gasteiger charge is -2.17. The number of carbonyl (C=O) groups excluding carboxylic acids is 1. The molecule has 4 nitrogen and oxygen atoms in total. The highest BCUT2D eigenvalue weighted by Gasteiger charge is 2.14. The molecule has 1 aliphatic heterocycles. The highest BCUT2D eigenvalue weighted by atomic mass is 16.5. The fourth-order valence-electron chi connectivity index (χ4n) is 2.12. The molecule has 1 aromatic rings. The van der Waals surface area contributed by atoms with E-state index >= 15 is 0 Å². The van der Waals surface area contributed by atoms with Crippen molar-refractivity contribution in [2.75, 3.05) is 27.2 Å². The summed E-state index contributed by atoms with van der Waals surface area (Å²) in [5.41, 5.74) is 2.42. The Labute approximate surface area is 108 Å². The zero-order chi connectivity index (χ0) is 13.0. The first kappa shape index (κ1) is 12.9. The molecular weight excluding hydrogens is 228 g/mol. The van der Waals surface area contributed by atoms with Crippen molar-refractivity contribution in [2.24, 2.45) is 0 Å². The summed E-state index contributed by atoms with van der Waals surface area (Å²) in [5.74, 6) is 1.16. The van der Waals surface area contributed by atoms with Gasteiger partial charge in [0.1, 0.15) is 5.75 Å². The molecule has 0 radical (unpaired) electrons. The van der Waals surface area contributed by atoms with E-state index in [-0.39, 0.29) is 5.91 Å². The van der Waals surface area contributed by atoms with Crippen LogP contribution in [0.3, 0.4) is 0 Å². The molecule has 1 N–H and O–H groups in total. The Morgan fingerprint density at radius 2 is 2.33 bits per heavy atom. The molecule has 0 fully saturated rings. The predicted molar refractivity (Wildman–Crippen MR) is 70.7 cm³/mol. The van der Waals surface area contributed by atoms with E-state index in [1.807, 2.05) is 26.2 Å². The van der Waals surface area contributed by atoms with E-state index in [0.717, 1.165) is 25.3 Å². The lowest BCUT2D eigenvalue weighted by molar-refractivity contribution is -0.130. The smallest absolute Gasteiger partial charge is 0.223 e. The van der Waals surface area contributed by atoms with Gasteiger partial charge in [-0.2, -0.15) is 0 Å². The second-order valence-corrected chi connectivity index (χ2v) is 4.64. The van der Waals surface area contributed by atoms with Crippen LogP contribution in [0.5, 0.6) is 5.75 Å². The number of carbonyl (C=O) groups is 1. The van der Waals surface area contributed by atoms with Gasteiger partial charge < -0.3 is 15.0 Å². The maximum Gasteiger partial charge on any atom is 0.223 e. The minimum Gasteiger partial charge on any atom is -0.493 e. The molecule has 1 aromatic carbocycles. The van der Waals surface area contributed by atoms with Crippen molar-refractivity contribution in [2.45, 2.75) is 19.4 Å². The van der Waals surface area contributed by atoms with Crippen LogP contribution in [0.15, 0.2) is 18.2 Å². The molecule has 0 bridgehead atoms. The summed E-state index contributed by atoms with van der Waals surface area (Å²) in [6.07, 6.45) is 1.52. The minimum absolute atomic E-state index is 0.168. The fraction of sp³-hybridized carbons (Fsp3) is 0.500. The van der Waals surface area contributed by atoms with Gasteiger partial charge in [0.25, 0.3) is 0 Å². The molecule has 2 rings (SSSR count). The van der Waals surface area contributed by atoms with E-state index in [1.54, 1.807) is 4.90 Å². The van der Waals surface area contributed by atoms with Gasteiger partial charge in [-0.1, -0.05) is 12.1 Å². The van der Waals surface area contributed by atoms with Gasteiger partial charge in [-0.3, -0.25) is 4.79 Å². The molecule has 0 saturated carbocycles. The topological polar surface area (TPSA) is 41.6 Å². The summed E-state index contributed by atoms with van der Waals surface area (Å²) < 4.78 is 5.47. The maximum atomic E-state index is 11.8. The van der Waals surface area contributed by atoms with Gasteiger partial charge in [-0.25, -0.2) is 0 Å². The molecule has 0 saturated heterocycles. The van der Waals surface area contributed by atoms with Crippen molar-refractivity contribution in [1.82, 2.24) is 10.2 Å². The van der Waals surface area contributed by atoms with Crippen LogP contribution in [0, 0.1) is 0 Å². The first-order chi connectivity index (χ1) is 8.70. The predicted octanol–water partition coefficient (Wildman–Crippen LogP) is 1.19. The second-order valence-electron chi connectivity index (χ2n) is 4.64. The Morgan fingerprint density at radius 1 is 1.50 bits per heavy atom. The van der Waals surface area contributed by atoms with Crippen LogP contribution in [0.25, 0.3) is 0 Å². The number of hydrogen-bond donors (Lipinski definition) is 1. The monoisotopic (exact) mass is 248 g/mol. The average molecular weight is 248 g/mol. The molecule has 0 aromatic heterocycles. The van der Waals surface area contributed by atoms with E-state index in [0.29, 0.717) is 13.0 Å². The average Bonchev–Trinajstić information content (AvgIpc) is 2.83. The number of rotatable bonds is 5. The number of benzene rings is 1. The van der Waals surface area contributed by atoms with Gasteiger partial charge in [0.05, 0.1) is 6.61 Å². The van der Waals surface area contributed by atoms with Gasteiger partial charge in [0.15, 0.2) is 0 Å². The van der Waals surface area contributed by atoms with Crippen molar-refractivity contribution in [1.29, 1.82) is 0 Å². The molecule has 1 amide bonds. The van der Waals surface area contributed by atoms with E-state index < -0.39 is 0 Å². The van der Waals surface area contributed by atoms with Gasteiger partial charge in [-0.15, -0.1) is 0 Å². The Balaban J connectivity index is 1.94. The molecule has 0 unspecified atom stereocenters. The molecule has 0 aliphatic carbocycles. The van der Waals surface area contributed by atoms with Crippen LogP contribution in [-0.2, 0) is 17.8 Å². The standard InChI is InChI=1S/C14H20N2O2/c1-15-7-5-14(17)16(2)10-11-3-4-13-12(9-11)6-8-18-13/h3-4,9,15H,5-8,10H2,1-2H3. The summed E-state index contributed by atoms with van der Waals surface area (Å²) in [5, 5.41) is 2.99. The second kappa shape index (κ2) is 5.87. The number of amides is 1. The summed E-state index contributed by atoms with van der Waals surface area (Å²) in [4.78, 5) is 13.6. The highest BCUT2D eigenvalue weighted by Crippen LogP contribution is 2.26. The molecule has 18 heavy (non-hydrogen) atoms. The van der Waals surface area contributed by atoms with Gasteiger partial charge in [-0.05, 0) is 24.2 Å². The summed E-state index contributed by atoms with van der Waals surface area (Å²) in [6.45, 7) is 2.16. The quantitative estimate of drug-likeness (QED) is 0.851. The zero-order valence-corrected chi connectivity index (χ0v) is 11.0. The van der Waals surface area contributed by atoms with Gasteiger partial charge in [0, 0.05) is 33.0 Å². The van der Waals surface area contributed by atoms with Crippen LogP contribution >= 0.6 is 0 Å². The van der Waals surface area contributed by atoms with Gasteiger partial charge in [0.2, 0.25) is 5.91 Å². The fourth-order valence-corrected chi connectivity index (χ4v) is 2.12. The van der Waals surface area contributed by atoms with Crippen LogP contribution in [0.2, 0.25) is 0 Å². The Bertz CT molecular complexity index is 432. The summed E-state index contributed by atoms with van der Waals surface area (Å²) in [7, 11) is 3.70. The molecule has 1 aliphatic rings.